The number of anilines is 1. The number of benzene rings is 1. The lowest BCUT2D eigenvalue weighted by Crippen LogP contribution is -2.28. The van der Waals surface area contributed by atoms with Crippen LogP contribution >= 0.6 is 23.6 Å². The third-order valence-corrected chi connectivity index (χ3v) is 5.26. The van der Waals surface area contributed by atoms with Gasteiger partial charge in [-0.1, -0.05) is 18.2 Å². The number of nitrogens with zero attached hydrogens (tertiary/aromatic N) is 2. The molecule has 2 N–H and O–H groups in total. The highest BCUT2D eigenvalue weighted by molar-refractivity contribution is 7.71. The number of amides is 2. The van der Waals surface area contributed by atoms with E-state index in [1.807, 2.05) is 41.8 Å². The summed E-state index contributed by atoms with van der Waals surface area (Å²) in [5, 5.41) is 8.46. The predicted octanol–water partition coefficient (Wildman–Crippen LogP) is 3.03. The fourth-order valence-electron chi connectivity index (χ4n) is 2.92. The van der Waals surface area contributed by atoms with Crippen molar-refractivity contribution in [1.29, 1.82) is 0 Å². The average Bonchev–Trinajstić information content (AvgIpc) is 3.22. The van der Waals surface area contributed by atoms with Crippen LogP contribution in [0.15, 0.2) is 41.8 Å². The maximum Gasteiger partial charge on any atom is 0.249 e. The van der Waals surface area contributed by atoms with Gasteiger partial charge in [0.2, 0.25) is 16.6 Å². The standard InChI is InChI=1S/C17H14N4O2S2/c22-14(18-9-10-4-3-7-25-10)8-13-16(23)20-15-11-5-1-2-6-12(11)19-17(24)21(13)15/h1-7,13H,8-9H2,(H,18,22)(H,20,23). The molecule has 8 heteroatoms. The van der Waals surface area contributed by atoms with E-state index in [4.69, 9.17) is 12.2 Å². The summed E-state index contributed by atoms with van der Waals surface area (Å²) in [5.41, 5.74) is 0.724. The van der Waals surface area contributed by atoms with Crippen molar-refractivity contribution in [3.8, 4) is 0 Å². The van der Waals surface area contributed by atoms with Crippen LogP contribution in [0, 0.1) is 4.77 Å². The Morgan fingerprint density at radius 1 is 1.32 bits per heavy atom. The second-order valence-corrected chi connectivity index (χ2v) is 7.09. The van der Waals surface area contributed by atoms with Gasteiger partial charge in [-0.3, -0.25) is 14.2 Å². The number of carbonyl (C=O) groups is 2. The van der Waals surface area contributed by atoms with E-state index in [9.17, 15) is 9.59 Å². The summed E-state index contributed by atoms with van der Waals surface area (Å²) in [4.78, 5) is 30.1. The van der Waals surface area contributed by atoms with Crippen LogP contribution < -0.4 is 10.6 Å². The van der Waals surface area contributed by atoms with Crippen LogP contribution in [-0.4, -0.2) is 21.4 Å². The number of aromatic nitrogens is 2. The van der Waals surface area contributed by atoms with E-state index in [2.05, 4.69) is 15.6 Å². The molecular formula is C17H14N4O2S2. The van der Waals surface area contributed by atoms with Crippen molar-refractivity contribution in [2.45, 2.75) is 19.0 Å². The maximum atomic E-state index is 12.4. The second-order valence-electron chi connectivity index (χ2n) is 5.70. The molecule has 1 unspecified atom stereocenters. The third-order valence-electron chi connectivity index (χ3n) is 4.10. The minimum atomic E-state index is -0.678. The zero-order chi connectivity index (χ0) is 17.4. The van der Waals surface area contributed by atoms with Gasteiger partial charge in [-0.2, -0.15) is 0 Å². The Labute approximate surface area is 152 Å². The minimum absolute atomic E-state index is 0.0263. The number of hydrogen-bond donors (Lipinski definition) is 2. The largest absolute Gasteiger partial charge is 0.351 e. The smallest absolute Gasteiger partial charge is 0.249 e. The quantitative estimate of drug-likeness (QED) is 0.692. The Kier molecular flexibility index (Phi) is 4.06. The van der Waals surface area contributed by atoms with Crippen molar-refractivity contribution >= 4 is 52.1 Å². The summed E-state index contributed by atoms with van der Waals surface area (Å²) in [5.74, 6) is 0.170. The highest BCUT2D eigenvalue weighted by Gasteiger charge is 2.33. The molecule has 3 heterocycles. The summed E-state index contributed by atoms with van der Waals surface area (Å²) < 4.78 is 1.94. The first-order valence-corrected chi connectivity index (χ1v) is 9.03. The number of rotatable bonds is 4. The Balaban J connectivity index is 1.60. The average molecular weight is 370 g/mol. The number of carbonyl (C=O) groups excluding carboxylic acids is 2. The molecule has 0 radical (unpaired) electrons. The lowest BCUT2D eigenvalue weighted by atomic mass is 10.2. The Morgan fingerprint density at radius 2 is 2.16 bits per heavy atom. The van der Waals surface area contributed by atoms with Gasteiger partial charge in [0.1, 0.15) is 11.9 Å². The van der Waals surface area contributed by atoms with Crippen LogP contribution in [0.3, 0.4) is 0 Å². The first-order valence-electron chi connectivity index (χ1n) is 7.75. The first kappa shape index (κ1) is 15.9. The summed E-state index contributed by atoms with van der Waals surface area (Å²) in [7, 11) is 0. The lowest BCUT2D eigenvalue weighted by Gasteiger charge is -2.13. The molecule has 0 spiro atoms. The number of thiophene rings is 1. The molecule has 1 aliphatic rings. The van der Waals surface area contributed by atoms with Crippen molar-refractivity contribution in [3.05, 3.63) is 51.4 Å². The number of para-hydroxylation sites is 1. The highest BCUT2D eigenvalue weighted by atomic mass is 32.1. The van der Waals surface area contributed by atoms with E-state index < -0.39 is 6.04 Å². The van der Waals surface area contributed by atoms with E-state index in [-0.39, 0.29) is 18.2 Å². The van der Waals surface area contributed by atoms with Gasteiger partial charge in [0.15, 0.2) is 0 Å². The maximum absolute atomic E-state index is 12.4. The topological polar surface area (TPSA) is 76.0 Å². The Morgan fingerprint density at radius 3 is 2.96 bits per heavy atom. The van der Waals surface area contributed by atoms with E-state index in [0.29, 0.717) is 17.1 Å². The van der Waals surface area contributed by atoms with E-state index >= 15 is 0 Å². The van der Waals surface area contributed by atoms with Gasteiger partial charge >= 0.3 is 0 Å². The highest BCUT2D eigenvalue weighted by Crippen LogP contribution is 2.32. The molecule has 0 fully saturated rings. The number of nitrogens with one attached hydrogen (secondary N) is 2. The summed E-state index contributed by atoms with van der Waals surface area (Å²) in [6, 6.07) is 10.7. The molecule has 3 aromatic rings. The van der Waals surface area contributed by atoms with Crippen LogP contribution in [-0.2, 0) is 16.1 Å². The van der Waals surface area contributed by atoms with Gasteiger partial charge in [-0.05, 0) is 35.8 Å². The minimum Gasteiger partial charge on any atom is -0.351 e. The molecule has 25 heavy (non-hydrogen) atoms. The van der Waals surface area contributed by atoms with Gasteiger partial charge in [0.25, 0.3) is 0 Å². The molecule has 0 saturated heterocycles. The zero-order valence-electron chi connectivity index (χ0n) is 13.1. The molecule has 126 valence electrons. The Hall–Kier alpha value is -2.58. The second kappa shape index (κ2) is 6.38. The summed E-state index contributed by atoms with van der Waals surface area (Å²) in [6.07, 6.45) is 0.0263. The molecule has 0 saturated carbocycles. The molecule has 0 bridgehead atoms. The summed E-state index contributed by atoms with van der Waals surface area (Å²) in [6.45, 7) is 0.457. The fourth-order valence-corrected chi connectivity index (χ4v) is 3.88. The van der Waals surface area contributed by atoms with Crippen LogP contribution in [0.4, 0.5) is 5.82 Å². The molecule has 2 aromatic heterocycles. The molecule has 1 aromatic carbocycles. The molecule has 1 atom stereocenters. The van der Waals surface area contributed by atoms with Crippen molar-refractivity contribution in [2.75, 3.05) is 5.32 Å². The molecule has 2 amide bonds. The van der Waals surface area contributed by atoms with Crippen LogP contribution in [0.1, 0.15) is 17.3 Å². The first-order chi connectivity index (χ1) is 12.1. The monoisotopic (exact) mass is 370 g/mol. The molecular weight excluding hydrogens is 356 g/mol. The van der Waals surface area contributed by atoms with Crippen LogP contribution in [0.2, 0.25) is 0 Å². The zero-order valence-corrected chi connectivity index (χ0v) is 14.7. The van der Waals surface area contributed by atoms with Gasteiger partial charge in [0.05, 0.1) is 18.5 Å². The van der Waals surface area contributed by atoms with Gasteiger partial charge in [-0.25, -0.2) is 4.98 Å². The van der Waals surface area contributed by atoms with Gasteiger partial charge in [0, 0.05) is 10.3 Å². The molecule has 4 rings (SSSR count). The Bertz CT molecular complexity index is 1030. The SMILES string of the molecule is O=C(CC1C(=O)Nc2c3ccccc3nc(=S)n21)NCc1cccs1. The van der Waals surface area contributed by atoms with Crippen molar-refractivity contribution < 1.29 is 9.59 Å². The number of fused-ring (bicyclic) bond motifs is 3. The van der Waals surface area contributed by atoms with E-state index in [0.717, 1.165) is 15.8 Å². The normalized spacial score (nSPS) is 15.8. The third kappa shape index (κ3) is 2.94. The fraction of sp³-hybridized carbons (Fsp3) is 0.176. The van der Waals surface area contributed by atoms with E-state index in [1.54, 1.807) is 15.9 Å². The van der Waals surface area contributed by atoms with E-state index in [1.165, 1.54) is 0 Å². The molecule has 0 aliphatic carbocycles. The van der Waals surface area contributed by atoms with Crippen LogP contribution in [0.25, 0.3) is 10.9 Å². The van der Waals surface area contributed by atoms with Gasteiger partial charge < -0.3 is 10.6 Å². The molecule has 6 nitrogen and oxygen atoms in total. The van der Waals surface area contributed by atoms with Gasteiger partial charge in [-0.15, -0.1) is 11.3 Å². The van der Waals surface area contributed by atoms with Crippen molar-refractivity contribution in [3.63, 3.8) is 0 Å². The summed E-state index contributed by atoms with van der Waals surface area (Å²) >= 11 is 6.92. The predicted molar refractivity (Wildman–Crippen MR) is 99.0 cm³/mol. The lowest BCUT2D eigenvalue weighted by molar-refractivity contribution is -0.126. The van der Waals surface area contributed by atoms with Crippen LogP contribution in [0.5, 0.6) is 0 Å². The number of hydrogen-bond acceptors (Lipinski definition) is 5. The van der Waals surface area contributed by atoms with Crippen molar-refractivity contribution in [1.82, 2.24) is 14.9 Å². The van der Waals surface area contributed by atoms with Crippen molar-refractivity contribution in [2.24, 2.45) is 0 Å². The molecule has 1 aliphatic heterocycles.